The first-order chi connectivity index (χ1) is 14.8. The van der Waals surface area contributed by atoms with E-state index in [0.717, 1.165) is 17.5 Å². The van der Waals surface area contributed by atoms with Gasteiger partial charge in [-0.25, -0.2) is 4.79 Å². The van der Waals surface area contributed by atoms with Gasteiger partial charge >= 0.3 is 6.09 Å². The number of alkyl halides is 1. The fraction of sp³-hybridized carbons (Fsp3) is 0.192. The first kappa shape index (κ1) is 20.2. The van der Waals surface area contributed by atoms with E-state index in [9.17, 15) is 4.79 Å². The third-order valence-corrected chi connectivity index (χ3v) is 5.65. The summed E-state index contributed by atoms with van der Waals surface area (Å²) >= 11 is 5.86. The minimum Gasteiger partial charge on any atom is -0.449 e. The molecule has 0 radical (unpaired) electrons. The summed E-state index contributed by atoms with van der Waals surface area (Å²) in [7, 11) is 0. The van der Waals surface area contributed by atoms with Crippen molar-refractivity contribution < 1.29 is 9.53 Å². The van der Waals surface area contributed by atoms with Gasteiger partial charge in [-0.1, -0.05) is 84.9 Å². The summed E-state index contributed by atoms with van der Waals surface area (Å²) in [4.78, 5) is 12.2. The second kappa shape index (κ2) is 9.64. The van der Waals surface area contributed by atoms with Crippen molar-refractivity contribution in [2.75, 3.05) is 13.2 Å². The van der Waals surface area contributed by atoms with E-state index in [-0.39, 0.29) is 12.0 Å². The largest absolute Gasteiger partial charge is 0.449 e. The average Bonchev–Trinajstić information content (AvgIpc) is 3.11. The number of benzene rings is 3. The SMILES string of the molecule is O=C(NCCC=Cc1cccc(CCl)c1)OCC1c2ccccc2-c2ccccc21. The Labute approximate surface area is 182 Å². The number of halogens is 1. The van der Waals surface area contributed by atoms with Gasteiger partial charge in [-0.05, 0) is 39.8 Å². The van der Waals surface area contributed by atoms with E-state index >= 15 is 0 Å². The Morgan fingerprint density at radius 3 is 2.37 bits per heavy atom. The molecule has 0 atom stereocenters. The molecule has 0 spiro atoms. The monoisotopic (exact) mass is 417 g/mol. The number of alkyl carbamates (subject to hydrolysis) is 1. The van der Waals surface area contributed by atoms with Gasteiger partial charge in [0.25, 0.3) is 0 Å². The van der Waals surface area contributed by atoms with Crippen molar-refractivity contribution in [2.24, 2.45) is 0 Å². The zero-order valence-electron chi connectivity index (χ0n) is 16.7. The highest BCUT2D eigenvalue weighted by Crippen LogP contribution is 2.44. The maximum Gasteiger partial charge on any atom is 0.407 e. The highest BCUT2D eigenvalue weighted by Gasteiger charge is 2.28. The lowest BCUT2D eigenvalue weighted by Gasteiger charge is -2.14. The van der Waals surface area contributed by atoms with Crippen LogP contribution in [0.25, 0.3) is 17.2 Å². The van der Waals surface area contributed by atoms with Gasteiger partial charge in [0, 0.05) is 18.3 Å². The molecule has 4 rings (SSSR count). The molecule has 0 saturated carbocycles. The summed E-state index contributed by atoms with van der Waals surface area (Å²) in [5, 5.41) is 2.83. The number of fused-ring (bicyclic) bond motifs is 3. The lowest BCUT2D eigenvalue weighted by atomic mass is 9.98. The number of carbonyl (C=O) groups is 1. The van der Waals surface area contributed by atoms with Crippen LogP contribution in [0.15, 0.2) is 78.9 Å². The molecule has 3 nitrogen and oxygen atoms in total. The molecule has 30 heavy (non-hydrogen) atoms. The average molecular weight is 418 g/mol. The number of rotatable bonds is 7. The number of hydrogen-bond donors (Lipinski definition) is 1. The topological polar surface area (TPSA) is 38.3 Å². The second-order valence-corrected chi connectivity index (χ2v) is 7.59. The number of carbonyl (C=O) groups excluding carboxylic acids is 1. The predicted molar refractivity (Wildman–Crippen MR) is 123 cm³/mol. The molecular formula is C26H24ClNO2. The van der Waals surface area contributed by atoms with Crippen LogP contribution in [0.2, 0.25) is 0 Å². The number of ether oxygens (including phenoxy) is 1. The Bertz CT molecular complexity index is 1010. The van der Waals surface area contributed by atoms with Crippen molar-refractivity contribution in [2.45, 2.75) is 18.2 Å². The van der Waals surface area contributed by atoms with Crippen LogP contribution in [0, 0.1) is 0 Å². The fourth-order valence-electron chi connectivity index (χ4n) is 3.91. The third kappa shape index (κ3) is 4.58. The van der Waals surface area contributed by atoms with Crippen molar-refractivity contribution in [1.29, 1.82) is 0 Å². The van der Waals surface area contributed by atoms with E-state index in [4.69, 9.17) is 16.3 Å². The molecular weight excluding hydrogens is 394 g/mol. The summed E-state index contributed by atoms with van der Waals surface area (Å²) in [6.45, 7) is 0.864. The molecule has 152 valence electrons. The quantitative estimate of drug-likeness (QED) is 0.358. The zero-order chi connectivity index (χ0) is 20.8. The van der Waals surface area contributed by atoms with E-state index in [0.29, 0.717) is 19.0 Å². The summed E-state index contributed by atoms with van der Waals surface area (Å²) < 4.78 is 5.55. The molecule has 1 N–H and O–H groups in total. The predicted octanol–water partition coefficient (Wildman–Crippen LogP) is 6.37. The highest BCUT2D eigenvalue weighted by atomic mass is 35.5. The zero-order valence-corrected chi connectivity index (χ0v) is 17.4. The lowest BCUT2D eigenvalue weighted by molar-refractivity contribution is 0.143. The van der Waals surface area contributed by atoms with Gasteiger partial charge in [0.15, 0.2) is 0 Å². The van der Waals surface area contributed by atoms with Gasteiger partial charge in [-0.2, -0.15) is 0 Å². The summed E-state index contributed by atoms with van der Waals surface area (Å²) in [5.41, 5.74) is 7.09. The molecule has 1 amide bonds. The standard InChI is InChI=1S/C26H24ClNO2/c27-17-20-10-7-9-19(16-20)8-5-6-15-28-26(29)30-18-25-23-13-3-1-11-21(23)22-12-2-4-14-24(22)25/h1-5,7-14,16,25H,6,15,17-18H2,(H,28,29). The number of amides is 1. The second-order valence-electron chi connectivity index (χ2n) is 7.32. The van der Waals surface area contributed by atoms with E-state index in [2.05, 4.69) is 35.6 Å². The van der Waals surface area contributed by atoms with Gasteiger partial charge in [0.05, 0.1) is 0 Å². The highest BCUT2D eigenvalue weighted by molar-refractivity contribution is 6.17. The molecule has 1 aliphatic carbocycles. The van der Waals surface area contributed by atoms with Crippen LogP contribution in [0.4, 0.5) is 4.79 Å². The molecule has 0 aromatic heterocycles. The Kier molecular flexibility index (Phi) is 6.50. The van der Waals surface area contributed by atoms with Gasteiger partial charge in [0.2, 0.25) is 0 Å². The van der Waals surface area contributed by atoms with Crippen molar-refractivity contribution in [3.05, 3.63) is 101 Å². The molecule has 0 fully saturated rings. The maximum atomic E-state index is 12.2. The summed E-state index contributed by atoms with van der Waals surface area (Å²) in [6, 6.07) is 24.7. The fourth-order valence-corrected chi connectivity index (χ4v) is 4.07. The first-order valence-electron chi connectivity index (χ1n) is 10.2. The van der Waals surface area contributed by atoms with Crippen LogP contribution in [-0.2, 0) is 10.6 Å². The van der Waals surface area contributed by atoms with E-state index < -0.39 is 0 Å². The number of hydrogen-bond acceptors (Lipinski definition) is 2. The Morgan fingerprint density at radius 1 is 0.967 bits per heavy atom. The van der Waals surface area contributed by atoms with Crippen molar-refractivity contribution in [1.82, 2.24) is 5.32 Å². The van der Waals surface area contributed by atoms with Gasteiger partial charge in [-0.3, -0.25) is 0 Å². The first-order valence-corrected chi connectivity index (χ1v) is 10.7. The minimum absolute atomic E-state index is 0.0808. The molecule has 0 unspecified atom stereocenters. The van der Waals surface area contributed by atoms with E-state index in [1.807, 2.05) is 54.6 Å². The molecule has 1 aliphatic rings. The molecule has 3 aromatic carbocycles. The molecule has 0 bridgehead atoms. The Balaban J connectivity index is 1.27. The van der Waals surface area contributed by atoms with Crippen LogP contribution in [-0.4, -0.2) is 19.2 Å². The van der Waals surface area contributed by atoms with Gasteiger partial charge < -0.3 is 10.1 Å². The molecule has 3 aromatic rings. The van der Waals surface area contributed by atoms with E-state index in [1.54, 1.807) is 0 Å². The Hall–Kier alpha value is -3.04. The summed E-state index contributed by atoms with van der Waals surface area (Å²) in [6.07, 6.45) is 4.43. The van der Waals surface area contributed by atoms with Crippen LogP contribution >= 0.6 is 11.6 Å². The van der Waals surface area contributed by atoms with Crippen molar-refractivity contribution in [3.8, 4) is 11.1 Å². The third-order valence-electron chi connectivity index (χ3n) is 5.34. The van der Waals surface area contributed by atoms with Crippen LogP contribution in [0.5, 0.6) is 0 Å². The van der Waals surface area contributed by atoms with E-state index in [1.165, 1.54) is 22.3 Å². The molecule has 0 heterocycles. The molecule has 0 aliphatic heterocycles. The van der Waals surface area contributed by atoms with Crippen molar-refractivity contribution in [3.63, 3.8) is 0 Å². The summed E-state index contributed by atoms with van der Waals surface area (Å²) in [5.74, 6) is 0.586. The van der Waals surface area contributed by atoms with Gasteiger partial charge in [0.1, 0.15) is 6.61 Å². The Morgan fingerprint density at radius 2 is 1.67 bits per heavy atom. The minimum atomic E-state index is -0.380. The van der Waals surface area contributed by atoms with Crippen molar-refractivity contribution >= 4 is 23.8 Å². The molecule has 0 saturated heterocycles. The normalized spacial score (nSPS) is 12.6. The number of nitrogens with one attached hydrogen (secondary N) is 1. The van der Waals surface area contributed by atoms with Crippen LogP contribution in [0.1, 0.15) is 34.6 Å². The molecule has 4 heteroatoms. The van der Waals surface area contributed by atoms with Crippen LogP contribution < -0.4 is 5.32 Å². The maximum absolute atomic E-state index is 12.2. The lowest BCUT2D eigenvalue weighted by Crippen LogP contribution is -2.26. The smallest absolute Gasteiger partial charge is 0.407 e. The van der Waals surface area contributed by atoms with Crippen LogP contribution in [0.3, 0.4) is 0 Å². The van der Waals surface area contributed by atoms with Gasteiger partial charge in [-0.15, -0.1) is 11.6 Å².